The van der Waals surface area contributed by atoms with Crippen LogP contribution in [-0.2, 0) is 7.05 Å². The van der Waals surface area contributed by atoms with Gasteiger partial charge in [0.25, 0.3) is 0 Å². The lowest BCUT2D eigenvalue weighted by atomic mass is 10.1. The molecular weight excluding hydrogens is 152 g/mol. The molecule has 0 aliphatic heterocycles. The van der Waals surface area contributed by atoms with Gasteiger partial charge in [-0.1, -0.05) is 13.3 Å². The molecule has 1 aromatic heterocycles. The predicted octanol–water partition coefficient (Wildman–Crippen LogP) is 0.725. The number of aromatic nitrogens is 2. The van der Waals surface area contributed by atoms with Crippen molar-refractivity contribution in [3.63, 3.8) is 0 Å². The van der Waals surface area contributed by atoms with Crippen LogP contribution in [0.25, 0.3) is 0 Å². The third kappa shape index (κ3) is 1.84. The van der Waals surface area contributed by atoms with Crippen LogP contribution in [0.1, 0.15) is 31.5 Å². The van der Waals surface area contributed by atoms with Gasteiger partial charge in [-0.2, -0.15) is 5.10 Å². The summed E-state index contributed by atoms with van der Waals surface area (Å²) in [5.74, 6) is 5.43. The van der Waals surface area contributed by atoms with Gasteiger partial charge in [-0.25, -0.2) is 0 Å². The summed E-state index contributed by atoms with van der Waals surface area (Å²) in [5.41, 5.74) is 3.92. The highest BCUT2D eigenvalue weighted by atomic mass is 15.3. The zero-order chi connectivity index (χ0) is 8.97. The summed E-state index contributed by atoms with van der Waals surface area (Å²) in [6.45, 7) is 2.14. The van der Waals surface area contributed by atoms with Crippen molar-refractivity contribution in [2.75, 3.05) is 0 Å². The molecule has 0 amide bonds. The fourth-order valence-corrected chi connectivity index (χ4v) is 1.33. The quantitative estimate of drug-likeness (QED) is 0.514. The average molecular weight is 168 g/mol. The Labute approximate surface area is 72.7 Å². The molecule has 12 heavy (non-hydrogen) atoms. The van der Waals surface area contributed by atoms with Crippen LogP contribution in [0, 0.1) is 0 Å². The maximum Gasteiger partial charge on any atom is 0.0628 e. The van der Waals surface area contributed by atoms with Crippen LogP contribution in [0.2, 0.25) is 0 Å². The topological polar surface area (TPSA) is 55.9 Å². The second-order valence-corrected chi connectivity index (χ2v) is 2.89. The van der Waals surface area contributed by atoms with Gasteiger partial charge in [0, 0.05) is 13.2 Å². The number of aryl methyl sites for hydroxylation is 1. The van der Waals surface area contributed by atoms with Crippen molar-refractivity contribution in [3.05, 3.63) is 18.0 Å². The summed E-state index contributed by atoms with van der Waals surface area (Å²) in [5, 5.41) is 4.09. The molecule has 1 heterocycles. The van der Waals surface area contributed by atoms with E-state index in [9.17, 15) is 0 Å². The lowest BCUT2D eigenvalue weighted by Gasteiger charge is -2.14. The van der Waals surface area contributed by atoms with Gasteiger partial charge in [-0.15, -0.1) is 0 Å². The Hall–Kier alpha value is -0.870. The van der Waals surface area contributed by atoms with E-state index in [-0.39, 0.29) is 6.04 Å². The van der Waals surface area contributed by atoms with E-state index in [2.05, 4.69) is 17.4 Å². The molecule has 0 spiro atoms. The lowest BCUT2D eigenvalue weighted by Crippen LogP contribution is -2.29. The molecule has 0 bridgehead atoms. The molecular formula is C8H16N4. The number of hydrogen-bond donors (Lipinski definition) is 2. The molecule has 0 aromatic carbocycles. The summed E-state index contributed by atoms with van der Waals surface area (Å²) >= 11 is 0. The zero-order valence-electron chi connectivity index (χ0n) is 7.62. The fourth-order valence-electron chi connectivity index (χ4n) is 1.33. The molecule has 1 aromatic rings. The van der Waals surface area contributed by atoms with Crippen molar-refractivity contribution >= 4 is 0 Å². The zero-order valence-corrected chi connectivity index (χ0v) is 7.62. The maximum absolute atomic E-state index is 5.43. The molecule has 1 rings (SSSR count). The summed E-state index contributed by atoms with van der Waals surface area (Å²) in [7, 11) is 1.93. The average Bonchev–Trinajstić information content (AvgIpc) is 2.47. The van der Waals surface area contributed by atoms with Gasteiger partial charge in [-0.3, -0.25) is 16.0 Å². The van der Waals surface area contributed by atoms with Crippen LogP contribution in [0.3, 0.4) is 0 Å². The van der Waals surface area contributed by atoms with Gasteiger partial charge >= 0.3 is 0 Å². The van der Waals surface area contributed by atoms with E-state index in [0.29, 0.717) is 0 Å². The molecule has 0 aliphatic carbocycles. The first-order chi connectivity index (χ1) is 5.79. The van der Waals surface area contributed by atoms with Crippen molar-refractivity contribution in [2.24, 2.45) is 12.9 Å². The number of nitrogens with one attached hydrogen (secondary N) is 1. The third-order valence-corrected chi connectivity index (χ3v) is 1.99. The number of nitrogens with zero attached hydrogens (tertiary/aromatic N) is 2. The van der Waals surface area contributed by atoms with E-state index in [0.717, 1.165) is 18.5 Å². The Kier molecular flexibility index (Phi) is 3.25. The maximum atomic E-state index is 5.43. The smallest absolute Gasteiger partial charge is 0.0628 e. The van der Waals surface area contributed by atoms with Gasteiger partial charge < -0.3 is 0 Å². The predicted molar refractivity (Wildman–Crippen MR) is 48.2 cm³/mol. The summed E-state index contributed by atoms with van der Waals surface area (Å²) < 4.78 is 1.85. The highest BCUT2D eigenvalue weighted by molar-refractivity contribution is 5.05. The highest BCUT2D eigenvalue weighted by Gasteiger charge is 2.10. The largest absolute Gasteiger partial charge is 0.271 e. The summed E-state index contributed by atoms with van der Waals surface area (Å²) in [6, 6.07) is 2.21. The third-order valence-electron chi connectivity index (χ3n) is 1.99. The Morgan fingerprint density at radius 2 is 2.50 bits per heavy atom. The van der Waals surface area contributed by atoms with Crippen molar-refractivity contribution < 1.29 is 0 Å². The number of rotatable bonds is 4. The van der Waals surface area contributed by atoms with Gasteiger partial charge in [0.15, 0.2) is 0 Å². The van der Waals surface area contributed by atoms with Gasteiger partial charge in [0.1, 0.15) is 0 Å². The highest BCUT2D eigenvalue weighted by Crippen LogP contribution is 2.15. The Morgan fingerprint density at radius 1 is 1.75 bits per heavy atom. The second kappa shape index (κ2) is 4.23. The fraction of sp³-hybridized carbons (Fsp3) is 0.625. The van der Waals surface area contributed by atoms with Crippen LogP contribution in [0.4, 0.5) is 0 Å². The SMILES string of the molecule is CCCC(NN)c1ccnn1C. The molecule has 4 nitrogen and oxygen atoms in total. The van der Waals surface area contributed by atoms with Crippen molar-refractivity contribution in [1.82, 2.24) is 15.2 Å². The van der Waals surface area contributed by atoms with Crippen LogP contribution in [0.15, 0.2) is 12.3 Å². The molecule has 3 N–H and O–H groups in total. The molecule has 1 atom stereocenters. The minimum absolute atomic E-state index is 0.225. The molecule has 0 radical (unpaired) electrons. The molecule has 1 unspecified atom stereocenters. The van der Waals surface area contributed by atoms with E-state index in [4.69, 9.17) is 5.84 Å². The van der Waals surface area contributed by atoms with Crippen LogP contribution >= 0.6 is 0 Å². The van der Waals surface area contributed by atoms with Crippen molar-refractivity contribution in [3.8, 4) is 0 Å². The molecule has 68 valence electrons. The van der Waals surface area contributed by atoms with Crippen LogP contribution < -0.4 is 11.3 Å². The molecule has 4 heteroatoms. The Bertz CT molecular complexity index is 231. The van der Waals surface area contributed by atoms with Crippen molar-refractivity contribution in [1.29, 1.82) is 0 Å². The van der Waals surface area contributed by atoms with E-state index in [1.165, 1.54) is 0 Å². The molecule has 0 fully saturated rings. The van der Waals surface area contributed by atoms with E-state index in [1.54, 1.807) is 6.20 Å². The van der Waals surface area contributed by atoms with E-state index in [1.807, 2.05) is 17.8 Å². The number of hydrogen-bond acceptors (Lipinski definition) is 3. The summed E-state index contributed by atoms with van der Waals surface area (Å²) in [6.07, 6.45) is 3.94. The van der Waals surface area contributed by atoms with Crippen LogP contribution in [-0.4, -0.2) is 9.78 Å². The monoisotopic (exact) mass is 168 g/mol. The van der Waals surface area contributed by atoms with Gasteiger partial charge in [0.05, 0.1) is 11.7 Å². The Balaban J connectivity index is 2.72. The van der Waals surface area contributed by atoms with E-state index >= 15 is 0 Å². The molecule has 0 saturated heterocycles. The van der Waals surface area contributed by atoms with E-state index < -0.39 is 0 Å². The van der Waals surface area contributed by atoms with Gasteiger partial charge in [0.2, 0.25) is 0 Å². The number of nitrogens with two attached hydrogens (primary N) is 1. The minimum atomic E-state index is 0.225. The molecule has 0 saturated carbocycles. The van der Waals surface area contributed by atoms with Crippen molar-refractivity contribution in [2.45, 2.75) is 25.8 Å². The standard InChI is InChI=1S/C8H16N4/c1-3-4-7(11-9)8-5-6-10-12(8)2/h5-7,11H,3-4,9H2,1-2H3. The molecule has 0 aliphatic rings. The number of hydrazine groups is 1. The normalized spacial score (nSPS) is 13.2. The first-order valence-electron chi connectivity index (χ1n) is 4.23. The first-order valence-corrected chi connectivity index (χ1v) is 4.23. The Morgan fingerprint density at radius 3 is 2.92 bits per heavy atom. The van der Waals surface area contributed by atoms with Crippen LogP contribution in [0.5, 0.6) is 0 Å². The minimum Gasteiger partial charge on any atom is -0.271 e. The second-order valence-electron chi connectivity index (χ2n) is 2.89. The van der Waals surface area contributed by atoms with Gasteiger partial charge in [-0.05, 0) is 12.5 Å². The lowest BCUT2D eigenvalue weighted by molar-refractivity contribution is 0.475. The first kappa shape index (κ1) is 9.22. The summed E-state index contributed by atoms with van der Waals surface area (Å²) in [4.78, 5) is 0.